The minimum atomic E-state index is -0.245. The van der Waals surface area contributed by atoms with E-state index in [0.717, 1.165) is 64.4 Å². The van der Waals surface area contributed by atoms with Gasteiger partial charge in [0.2, 0.25) is 0 Å². The molecule has 6 nitrogen and oxygen atoms in total. The molecule has 1 amide bonds. The van der Waals surface area contributed by atoms with Gasteiger partial charge in [0.1, 0.15) is 27.0 Å². The number of hydrogen-bond acceptors (Lipinski definition) is 6. The van der Waals surface area contributed by atoms with Gasteiger partial charge in [0.15, 0.2) is 0 Å². The molecule has 0 bridgehead atoms. The summed E-state index contributed by atoms with van der Waals surface area (Å²) in [7, 11) is 1.61. The summed E-state index contributed by atoms with van der Waals surface area (Å²) in [6.45, 7) is 1.93. The number of methoxy groups -OCH3 is 1. The van der Waals surface area contributed by atoms with E-state index in [1.54, 1.807) is 31.4 Å². The van der Waals surface area contributed by atoms with Gasteiger partial charge in [-0.25, -0.2) is 4.98 Å². The van der Waals surface area contributed by atoms with Crippen LogP contribution in [0.15, 0.2) is 40.8 Å². The first-order chi connectivity index (χ1) is 15.0. The normalized spacial score (nSPS) is 13.2. The number of carbonyl (C=O) groups excluding carboxylic acids is 1. The average molecular weight is 434 g/mol. The number of nitrogens with zero attached hydrogens (tertiary/aromatic N) is 1. The molecule has 0 saturated heterocycles. The molecule has 0 radical (unpaired) electrons. The van der Waals surface area contributed by atoms with E-state index in [4.69, 9.17) is 19.9 Å². The highest BCUT2D eigenvalue weighted by atomic mass is 32.1. The number of rotatable bonds is 4. The summed E-state index contributed by atoms with van der Waals surface area (Å²) in [6, 6.07) is 11.1. The number of thiophene rings is 1. The molecule has 158 valence electrons. The van der Waals surface area contributed by atoms with E-state index in [2.05, 4.69) is 5.32 Å². The van der Waals surface area contributed by atoms with Crippen molar-refractivity contribution in [1.29, 1.82) is 0 Å². The fourth-order valence-electron chi connectivity index (χ4n) is 4.18. The number of anilines is 2. The number of benzene rings is 1. The van der Waals surface area contributed by atoms with Crippen LogP contribution in [-0.4, -0.2) is 18.0 Å². The number of nitrogens with one attached hydrogen (secondary N) is 1. The number of carbonyl (C=O) groups is 1. The summed E-state index contributed by atoms with van der Waals surface area (Å²) in [5.41, 5.74) is 11.0. The Kier molecular flexibility index (Phi) is 4.90. The van der Waals surface area contributed by atoms with E-state index in [1.807, 2.05) is 19.1 Å². The molecule has 0 unspecified atom stereocenters. The second-order valence-corrected chi connectivity index (χ2v) is 8.74. The van der Waals surface area contributed by atoms with E-state index < -0.39 is 0 Å². The SMILES string of the molecule is COc1ccc(NC(=O)c2sc3nc4c(c(-c5ccc(C)o5)c3c2N)CCCC4)cc1. The lowest BCUT2D eigenvalue weighted by atomic mass is 9.89. The fourth-order valence-corrected chi connectivity index (χ4v) is 5.20. The largest absolute Gasteiger partial charge is 0.497 e. The molecule has 0 fully saturated rings. The van der Waals surface area contributed by atoms with Gasteiger partial charge < -0.3 is 20.2 Å². The zero-order valence-electron chi connectivity index (χ0n) is 17.5. The van der Waals surface area contributed by atoms with Crippen LogP contribution in [0, 0.1) is 6.92 Å². The van der Waals surface area contributed by atoms with E-state index >= 15 is 0 Å². The number of amides is 1. The smallest absolute Gasteiger partial charge is 0.267 e. The Morgan fingerprint density at radius 1 is 1.16 bits per heavy atom. The van der Waals surface area contributed by atoms with E-state index in [9.17, 15) is 4.79 Å². The highest BCUT2D eigenvalue weighted by molar-refractivity contribution is 7.21. The molecule has 5 rings (SSSR count). The summed E-state index contributed by atoms with van der Waals surface area (Å²) < 4.78 is 11.2. The van der Waals surface area contributed by atoms with Gasteiger partial charge in [-0.05, 0) is 74.6 Å². The van der Waals surface area contributed by atoms with Crippen molar-refractivity contribution < 1.29 is 13.9 Å². The van der Waals surface area contributed by atoms with Crippen molar-refractivity contribution in [2.75, 3.05) is 18.2 Å². The molecule has 1 aromatic carbocycles. The number of furan rings is 1. The monoisotopic (exact) mass is 433 g/mol. The summed E-state index contributed by atoms with van der Waals surface area (Å²) in [4.78, 5) is 19.2. The predicted octanol–water partition coefficient (Wildman–Crippen LogP) is 5.59. The van der Waals surface area contributed by atoms with Crippen LogP contribution in [-0.2, 0) is 12.8 Å². The minimum Gasteiger partial charge on any atom is -0.497 e. The van der Waals surface area contributed by atoms with Crippen LogP contribution in [0.4, 0.5) is 11.4 Å². The highest BCUT2D eigenvalue weighted by Crippen LogP contribution is 2.44. The number of nitrogen functional groups attached to an aromatic ring is 1. The zero-order valence-corrected chi connectivity index (χ0v) is 18.3. The standard InChI is InChI=1S/C24H23N3O3S/c1-13-7-12-18(30-13)19-16-5-3-4-6-17(16)27-24-20(19)21(25)22(31-24)23(28)26-14-8-10-15(29-2)11-9-14/h7-12H,3-6,25H2,1-2H3,(H,26,28). The molecular formula is C24H23N3O3S. The van der Waals surface area contributed by atoms with Crippen molar-refractivity contribution in [3.8, 4) is 17.1 Å². The summed E-state index contributed by atoms with van der Waals surface area (Å²) >= 11 is 1.33. The molecule has 1 aliphatic carbocycles. The van der Waals surface area contributed by atoms with Gasteiger partial charge in [-0.3, -0.25) is 4.79 Å². The summed E-state index contributed by atoms with van der Waals surface area (Å²) in [6.07, 6.45) is 4.11. The van der Waals surface area contributed by atoms with Crippen molar-refractivity contribution in [2.24, 2.45) is 0 Å². The predicted molar refractivity (Wildman–Crippen MR) is 124 cm³/mol. The number of pyridine rings is 1. The first-order valence-electron chi connectivity index (χ1n) is 10.3. The summed E-state index contributed by atoms with van der Waals surface area (Å²) in [5, 5.41) is 3.75. The number of nitrogens with two attached hydrogens (primary N) is 1. The third-order valence-corrected chi connectivity index (χ3v) is 6.79. The molecule has 3 heterocycles. The molecule has 0 aliphatic heterocycles. The first kappa shape index (κ1) is 19.6. The zero-order chi connectivity index (χ0) is 21.5. The maximum absolute atomic E-state index is 13.1. The molecule has 4 aromatic rings. The van der Waals surface area contributed by atoms with Crippen LogP contribution in [0.2, 0.25) is 0 Å². The summed E-state index contributed by atoms with van der Waals surface area (Å²) in [5.74, 6) is 2.11. The van der Waals surface area contributed by atoms with Crippen molar-refractivity contribution in [1.82, 2.24) is 4.98 Å². The maximum Gasteiger partial charge on any atom is 0.267 e. The molecular weight excluding hydrogens is 410 g/mol. The van der Waals surface area contributed by atoms with Crippen LogP contribution in [0.1, 0.15) is 39.5 Å². The van der Waals surface area contributed by atoms with Gasteiger partial charge in [0.05, 0.1) is 12.8 Å². The Labute approximate surface area is 184 Å². The molecule has 0 saturated carbocycles. The highest BCUT2D eigenvalue weighted by Gasteiger charge is 2.27. The van der Waals surface area contributed by atoms with Crippen molar-refractivity contribution in [3.05, 3.63) is 58.3 Å². The van der Waals surface area contributed by atoms with Crippen LogP contribution in [0.3, 0.4) is 0 Å². The number of aromatic nitrogens is 1. The van der Waals surface area contributed by atoms with E-state index in [1.165, 1.54) is 16.9 Å². The van der Waals surface area contributed by atoms with E-state index in [0.29, 0.717) is 16.3 Å². The average Bonchev–Trinajstić information content (AvgIpc) is 3.36. The van der Waals surface area contributed by atoms with Crippen LogP contribution in [0.25, 0.3) is 21.5 Å². The molecule has 7 heteroatoms. The van der Waals surface area contributed by atoms with Crippen molar-refractivity contribution in [2.45, 2.75) is 32.6 Å². The molecule has 0 spiro atoms. The van der Waals surface area contributed by atoms with Gasteiger partial charge in [-0.2, -0.15) is 0 Å². The molecule has 1 aliphatic rings. The van der Waals surface area contributed by atoms with Crippen LogP contribution in [0.5, 0.6) is 5.75 Å². The topological polar surface area (TPSA) is 90.4 Å². The Hall–Kier alpha value is -3.32. The number of ether oxygens (including phenoxy) is 1. The third-order valence-electron chi connectivity index (χ3n) is 5.69. The Morgan fingerprint density at radius 2 is 1.94 bits per heavy atom. The molecule has 3 aromatic heterocycles. The molecule has 0 atom stereocenters. The first-order valence-corrected chi connectivity index (χ1v) is 11.1. The lowest BCUT2D eigenvalue weighted by Gasteiger charge is -2.18. The van der Waals surface area contributed by atoms with Gasteiger partial charge in [0, 0.05) is 22.3 Å². The number of fused-ring (bicyclic) bond motifs is 2. The lowest BCUT2D eigenvalue weighted by Crippen LogP contribution is -2.12. The number of hydrogen-bond donors (Lipinski definition) is 2. The van der Waals surface area contributed by atoms with Gasteiger partial charge in [0.25, 0.3) is 5.91 Å². The Bertz CT molecular complexity index is 1290. The van der Waals surface area contributed by atoms with Crippen molar-refractivity contribution in [3.63, 3.8) is 0 Å². The lowest BCUT2D eigenvalue weighted by molar-refractivity contribution is 0.103. The van der Waals surface area contributed by atoms with Crippen LogP contribution >= 0.6 is 11.3 Å². The van der Waals surface area contributed by atoms with Gasteiger partial charge in [-0.1, -0.05) is 0 Å². The quantitative estimate of drug-likeness (QED) is 0.438. The van der Waals surface area contributed by atoms with Crippen molar-refractivity contribution >= 4 is 38.8 Å². The van der Waals surface area contributed by atoms with Gasteiger partial charge in [-0.15, -0.1) is 11.3 Å². The Balaban J connectivity index is 1.62. The molecule has 3 N–H and O–H groups in total. The fraction of sp³-hybridized carbons (Fsp3) is 0.250. The van der Waals surface area contributed by atoms with E-state index in [-0.39, 0.29) is 5.91 Å². The number of aryl methyl sites for hydroxylation is 2. The second kappa shape index (κ2) is 7.74. The minimum absolute atomic E-state index is 0.245. The van der Waals surface area contributed by atoms with Crippen LogP contribution < -0.4 is 15.8 Å². The Morgan fingerprint density at radius 3 is 2.65 bits per heavy atom. The maximum atomic E-state index is 13.1. The molecule has 31 heavy (non-hydrogen) atoms. The second-order valence-electron chi connectivity index (χ2n) is 7.74. The third kappa shape index (κ3) is 3.45. The van der Waals surface area contributed by atoms with Gasteiger partial charge >= 0.3 is 0 Å².